The van der Waals surface area contributed by atoms with Crippen molar-refractivity contribution in [3.63, 3.8) is 0 Å². The predicted molar refractivity (Wildman–Crippen MR) is 68.4 cm³/mol. The fraction of sp³-hybridized carbons (Fsp3) is 0.133. The Kier molecular flexibility index (Phi) is 3.73. The molecule has 2 aromatic carbocycles. The zero-order valence-corrected chi connectivity index (χ0v) is 9.80. The van der Waals surface area contributed by atoms with E-state index in [1.807, 2.05) is 36.4 Å². The molecule has 0 bridgehead atoms. The van der Waals surface area contributed by atoms with Crippen LogP contribution in [0.15, 0.2) is 42.5 Å². The van der Waals surface area contributed by atoms with Gasteiger partial charge >= 0.3 is 0 Å². The third kappa shape index (κ3) is 2.25. The molecule has 0 aliphatic rings. The van der Waals surface area contributed by atoms with Crippen LogP contribution in [0, 0.1) is 11.3 Å². The second-order valence-electron chi connectivity index (χ2n) is 3.97. The van der Waals surface area contributed by atoms with Crippen molar-refractivity contribution in [2.24, 2.45) is 0 Å². The number of aliphatic hydroxyl groups excluding tert-OH is 2. The summed E-state index contributed by atoms with van der Waals surface area (Å²) in [6, 6.07) is 14.9. The molecule has 0 aliphatic heterocycles. The Labute approximate surface area is 106 Å². The van der Waals surface area contributed by atoms with Gasteiger partial charge in [0.2, 0.25) is 0 Å². The summed E-state index contributed by atoms with van der Waals surface area (Å²) in [6.45, 7) is -0.189. The normalized spacial score (nSPS) is 10.1. The highest BCUT2D eigenvalue weighted by molar-refractivity contribution is 5.72. The highest BCUT2D eigenvalue weighted by Crippen LogP contribution is 2.26. The molecule has 0 saturated heterocycles. The summed E-state index contributed by atoms with van der Waals surface area (Å²) in [5.41, 5.74) is 3.54. The lowest BCUT2D eigenvalue weighted by Crippen LogP contribution is -1.93. The molecular weight excluding hydrogens is 226 g/mol. The topological polar surface area (TPSA) is 64.2 Å². The van der Waals surface area contributed by atoms with E-state index in [-0.39, 0.29) is 13.2 Å². The molecule has 0 heterocycles. The molecule has 0 saturated carbocycles. The van der Waals surface area contributed by atoms with Crippen molar-refractivity contribution in [1.29, 1.82) is 5.26 Å². The Morgan fingerprint density at radius 3 is 2.44 bits per heavy atom. The number of nitriles is 1. The van der Waals surface area contributed by atoms with Crippen LogP contribution in [-0.4, -0.2) is 10.2 Å². The average Bonchev–Trinajstić information content (AvgIpc) is 2.46. The minimum atomic E-state index is -0.156. The molecule has 0 unspecified atom stereocenters. The Hall–Kier alpha value is -2.15. The Morgan fingerprint density at radius 1 is 1.00 bits per heavy atom. The van der Waals surface area contributed by atoms with Gasteiger partial charge < -0.3 is 10.2 Å². The van der Waals surface area contributed by atoms with Crippen molar-refractivity contribution in [3.8, 4) is 17.2 Å². The highest BCUT2D eigenvalue weighted by atomic mass is 16.3. The number of hydrogen-bond acceptors (Lipinski definition) is 3. The van der Waals surface area contributed by atoms with Gasteiger partial charge in [0.25, 0.3) is 0 Å². The minimum Gasteiger partial charge on any atom is -0.392 e. The van der Waals surface area contributed by atoms with Crippen molar-refractivity contribution in [1.82, 2.24) is 0 Å². The van der Waals surface area contributed by atoms with Crippen molar-refractivity contribution in [2.75, 3.05) is 0 Å². The van der Waals surface area contributed by atoms with Crippen LogP contribution in [0.25, 0.3) is 11.1 Å². The third-order valence-electron chi connectivity index (χ3n) is 2.85. The van der Waals surface area contributed by atoms with E-state index in [0.717, 1.165) is 16.7 Å². The van der Waals surface area contributed by atoms with E-state index in [4.69, 9.17) is 5.11 Å². The van der Waals surface area contributed by atoms with E-state index in [1.54, 1.807) is 6.07 Å². The number of aliphatic hydroxyl groups is 2. The summed E-state index contributed by atoms with van der Waals surface area (Å²) < 4.78 is 0. The van der Waals surface area contributed by atoms with Gasteiger partial charge in [-0.25, -0.2) is 0 Å². The number of hydrogen-bond donors (Lipinski definition) is 2. The molecule has 2 aromatic rings. The van der Waals surface area contributed by atoms with Gasteiger partial charge in [-0.05, 0) is 28.3 Å². The van der Waals surface area contributed by atoms with E-state index in [9.17, 15) is 10.4 Å². The summed E-state index contributed by atoms with van der Waals surface area (Å²) in [5, 5.41) is 27.6. The second kappa shape index (κ2) is 5.46. The quantitative estimate of drug-likeness (QED) is 0.863. The molecule has 2 N–H and O–H groups in total. The molecule has 0 atom stereocenters. The molecule has 3 heteroatoms. The van der Waals surface area contributed by atoms with Crippen molar-refractivity contribution >= 4 is 0 Å². The first-order valence-electron chi connectivity index (χ1n) is 5.63. The maximum absolute atomic E-state index is 9.23. The molecule has 0 amide bonds. The number of rotatable bonds is 3. The van der Waals surface area contributed by atoms with Crippen molar-refractivity contribution < 1.29 is 10.2 Å². The summed E-state index contributed by atoms with van der Waals surface area (Å²) in [4.78, 5) is 0. The van der Waals surface area contributed by atoms with Crippen LogP contribution >= 0.6 is 0 Å². The van der Waals surface area contributed by atoms with Gasteiger partial charge in [0.15, 0.2) is 0 Å². The fourth-order valence-corrected chi connectivity index (χ4v) is 1.94. The first kappa shape index (κ1) is 12.3. The van der Waals surface area contributed by atoms with Gasteiger partial charge in [0.05, 0.1) is 18.8 Å². The van der Waals surface area contributed by atoms with Gasteiger partial charge in [-0.15, -0.1) is 0 Å². The lowest BCUT2D eigenvalue weighted by Gasteiger charge is -2.09. The van der Waals surface area contributed by atoms with Crippen LogP contribution in [0.1, 0.15) is 16.7 Å². The standard InChI is InChI=1S/C15H13NO2/c16-8-15-13(10-18)5-2-6-14(15)12-4-1-3-11(7-12)9-17/h1-7,17-18H,9-10H2. The van der Waals surface area contributed by atoms with Crippen LogP contribution in [0.4, 0.5) is 0 Å². The highest BCUT2D eigenvalue weighted by Gasteiger charge is 2.09. The summed E-state index contributed by atoms with van der Waals surface area (Å²) in [6.07, 6.45) is 0. The molecule has 0 aliphatic carbocycles. The Balaban J connectivity index is 2.60. The van der Waals surface area contributed by atoms with Crippen LogP contribution in [-0.2, 0) is 13.2 Å². The van der Waals surface area contributed by atoms with E-state index < -0.39 is 0 Å². The molecule has 3 nitrogen and oxygen atoms in total. The Morgan fingerprint density at radius 2 is 1.78 bits per heavy atom. The smallest absolute Gasteiger partial charge is 0.100 e. The van der Waals surface area contributed by atoms with Crippen LogP contribution in [0.2, 0.25) is 0 Å². The lowest BCUT2D eigenvalue weighted by atomic mass is 9.95. The number of benzene rings is 2. The summed E-state index contributed by atoms with van der Waals surface area (Å²) in [5.74, 6) is 0. The third-order valence-corrected chi connectivity index (χ3v) is 2.85. The minimum absolute atomic E-state index is 0.0323. The molecule has 18 heavy (non-hydrogen) atoms. The fourth-order valence-electron chi connectivity index (χ4n) is 1.94. The lowest BCUT2D eigenvalue weighted by molar-refractivity contribution is 0.281. The molecule has 2 rings (SSSR count). The molecule has 0 radical (unpaired) electrons. The predicted octanol–water partition coefficient (Wildman–Crippen LogP) is 2.21. The van der Waals surface area contributed by atoms with Crippen LogP contribution in [0.5, 0.6) is 0 Å². The van der Waals surface area contributed by atoms with Gasteiger partial charge in [0, 0.05) is 0 Å². The number of nitrogens with zero attached hydrogens (tertiary/aromatic N) is 1. The molecular formula is C15H13NO2. The Bertz CT molecular complexity index is 600. The first-order chi connectivity index (χ1) is 8.80. The van der Waals surface area contributed by atoms with Gasteiger partial charge in [-0.2, -0.15) is 5.26 Å². The van der Waals surface area contributed by atoms with E-state index >= 15 is 0 Å². The average molecular weight is 239 g/mol. The van der Waals surface area contributed by atoms with Crippen molar-refractivity contribution in [3.05, 3.63) is 59.2 Å². The molecule has 0 aromatic heterocycles. The van der Waals surface area contributed by atoms with Crippen LogP contribution in [0.3, 0.4) is 0 Å². The maximum atomic E-state index is 9.23. The SMILES string of the molecule is N#Cc1c(CO)cccc1-c1cccc(CO)c1. The van der Waals surface area contributed by atoms with Crippen molar-refractivity contribution in [2.45, 2.75) is 13.2 Å². The van der Waals surface area contributed by atoms with Gasteiger partial charge in [-0.3, -0.25) is 0 Å². The van der Waals surface area contributed by atoms with E-state index in [2.05, 4.69) is 6.07 Å². The second-order valence-corrected chi connectivity index (χ2v) is 3.97. The van der Waals surface area contributed by atoms with E-state index in [0.29, 0.717) is 11.1 Å². The molecule has 90 valence electrons. The largest absolute Gasteiger partial charge is 0.392 e. The zero-order valence-electron chi connectivity index (χ0n) is 9.80. The molecule has 0 fully saturated rings. The zero-order chi connectivity index (χ0) is 13.0. The monoisotopic (exact) mass is 239 g/mol. The first-order valence-corrected chi connectivity index (χ1v) is 5.63. The van der Waals surface area contributed by atoms with E-state index in [1.165, 1.54) is 0 Å². The van der Waals surface area contributed by atoms with Gasteiger partial charge in [-0.1, -0.05) is 36.4 Å². The summed E-state index contributed by atoms with van der Waals surface area (Å²) in [7, 11) is 0. The van der Waals surface area contributed by atoms with Gasteiger partial charge in [0.1, 0.15) is 6.07 Å². The maximum Gasteiger partial charge on any atom is 0.100 e. The molecule has 0 spiro atoms. The summed E-state index contributed by atoms with van der Waals surface area (Å²) >= 11 is 0. The van der Waals surface area contributed by atoms with Crippen LogP contribution < -0.4 is 0 Å².